The van der Waals surface area contributed by atoms with Crippen LogP contribution in [0.25, 0.3) is 0 Å². The third kappa shape index (κ3) is 4.97. The SMILES string of the molecule is CCOC(=O)/C=C/COc1cc([N+](=O)[O-])ccc1Cl. The van der Waals surface area contributed by atoms with Crippen molar-refractivity contribution in [2.75, 3.05) is 13.2 Å². The molecule has 1 aromatic rings. The fourth-order valence-electron chi connectivity index (χ4n) is 1.19. The summed E-state index contributed by atoms with van der Waals surface area (Å²) in [7, 11) is 0. The minimum Gasteiger partial charge on any atom is -0.488 e. The Bertz CT molecular complexity index is 501. The van der Waals surface area contributed by atoms with E-state index < -0.39 is 10.9 Å². The van der Waals surface area contributed by atoms with Gasteiger partial charge in [-0.15, -0.1) is 0 Å². The topological polar surface area (TPSA) is 78.7 Å². The first kappa shape index (κ1) is 15.0. The lowest BCUT2D eigenvalue weighted by Gasteiger charge is -2.05. The Morgan fingerprint density at radius 1 is 1.53 bits per heavy atom. The summed E-state index contributed by atoms with van der Waals surface area (Å²) in [6.07, 6.45) is 2.65. The van der Waals surface area contributed by atoms with Gasteiger partial charge in [-0.3, -0.25) is 10.1 Å². The lowest BCUT2D eigenvalue weighted by Crippen LogP contribution is -2.01. The summed E-state index contributed by atoms with van der Waals surface area (Å²) in [5.41, 5.74) is -0.117. The van der Waals surface area contributed by atoms with Gasteiger partial charge in [0.1, 0.15) is 12.4 Å². The molecule has 0 saturated heterocycles. The maximum atomic E-state index is 11.0. The Balaban J connectivity index is 2.60. The molecule has 0 fully saturated rings. The summed E-state index contributed by atoms with van der Waals surface area (Å²) in [6, 6.07) is 3.88. The molecule has 0 amide bonds. The number of nitro benzene ring substituents is 1. The molecule has 0 aromatic heterocycles. The molecule has 0 aliphatic carbocycles. The van der Waals surface area contributed by atoms with E-state index in [1.54, 1.807) is 6.92 Å². The van der Waals surface area contributed by atoms with E-state index in [-0.39, 0.29) is 23.1 Å². The van der Waals surface area contributed by atoms with Crippen molar-refractivity contribution in [3.05, 3.63) is 45.5 Å². The lowest BCUT2D eigenvalue weighted by molar-refractivity contribution is -0.384. The molecule has 0 atom stereocenters. The minimum absolute atomic E-state index is 0.0553. The van der Waals surface area contributed by atoms with Crippen molar-refractivity contribution >= 4 is 23.3 Å². The van der Waals surface area contributed by atoms with Crippen LogP contribution in [0.2, 0.25) is 5.02 Å². The van der Waals surface area contributed by atoms with Crippen LogP contribution in [0.3, 0.4) is 0 Å². The molecule has 0 saturated carbocycles. The maximum absolute atomic E-state index is 11.0. The number of nitro groups is 1. The first-order valence-corrected chi connectivity index (χ1v) is 5.82. The zero-order valence-electron chi connectivity index (χ0n) is 10.2. The molecule has 0 unspecified atom stereocenters. The zero-order valence-corrected chi connectivity index (χ0v) is 10.9. The number of carbonyl (C=O) groups is 1. The summed E-state index contributed by atoms with van der Waals surface area (Å²) in [5.74, 6) is -0.291. The van der Waals surface area contributed by atoms with Gasteiger partial charge >= 0.3 is 5.97 Å². The molecular formula is C12H12ClNO5. The predicted molar refractivity (Wildman–Crippen MR) is 69.4 cm³/mol. The van der Waals surface area contributed by atoms with Crippen LogP contribution in [0.15, 0.2) is 30.4 Å². The highest BCUT2D eigenvalue weighted by atomic mass is 35.5. The van der Waals surface area contributed by atoms with Crippen LogP contribution in [-0.2, 0) is 9.53 Å². The second-order valence-corrected chi connectivity index (χ2v) is 3.74. The van der Waals surface area contributed by atoms with E-state index >= 15 is 0 Å². The van der Waals surface area contributed by atoms with Crippen molar-refractivity contribution in [1.82, 2.24) is 0 Å². The quantitative estimate of drug-likeness (QED) is 0.347. The van der Waals surface area contributed by atoms with Crippen molar-refractivity contribution in [1.29, 1.82) is 0 Å². The van der Waals surface area contributed by atoms with E-state index in [1.165, 1.54) is 30.4 Å². The standard InChI is InChI=1S/C12H12ClNO5/c1-2-18-12(15)4-3-7-19-11-8-9(14(16)17)5-6-10(11)13/h3-6,8H,2,7H2,1H3/b4-3+. The van der Waals surface area contributed by atoms with E-state index in [4.69, 9.17) is 16.3 Å². The van der Waals surface area contributed by atoms with E-state index in [2.05, 4.69) is 4.74 Å². The molecule has 19 heavy (non-hydrogen) atoms. The molecule has 7 heteroatoms. The number of esters is 1. The Kier molecular flexibility index (Phi) is 5.81. The molecule has 0 N–H and O–H groups in total. The molecule has 0 heterocycles. The number of nitrogens with zero attached hydrogens (tertiary/aromatic N) is 1. The van der Waals surface area contributed by atoms with Crippen LogP contribution in [0.4, 0.5) is 5.69 Å². The Morgan fingerprint density at radius 3 is 2.89 bits per heavy atom. The molecule has 1 rings (SSSR count). The van der Waals surface area contributed by atoms with Gasteiger partial charge < -0.3 is 9.47 Å². The van der Waals surface area contributed by atoms with Gasteiger partial charge in [0.25, 0.3) is 5.69 Å². The van der Waals surface area contributed by atoms with Crippen LogP contribution in [-0.4, -0.2) is 24.1 Å². The molecule has 0 radical (unpaired) electrons. The monoisotopic (exact) mass is 285 g/mol. The van der Waals surface area contributed by atoms with Crippen molar-refractivity contribution in [3.8, 4) is 5.75 Å². The number of rotatable bonds is 6. The summed E-state index contributed by atoms with van der Waals surface area (Å²) >= 11 is 5.83. The number of carbonyl (C=O) groups excluding carboxylic acids is 1. The number of hydrogen-bond donors (Lipinski definition) is 0. The van der Waals surface area contributed by atoms with Gasteiger partial charge in [-0.2, -0.15) is 0 Å². The molecule has 0 aliphatic rings. The van der Waals surface area contributed by atoms with Gasteiger partial charge in [-0.05, 0) is 19.1 Å². The van der Waals surface area contributed by atoms with E-state index in [0.717, 1.165) is 0 Å². The molecule has 0 spiro atoms. The predicted octanol–water partition coefficient (Wildman–Crippen LogP) is 2.75. The van der Waals surface area contributed by atoms with Crippen LogP contribution in [0.5, 0.6) is 5.75 Å². The van der Waals surface area contributed by atoms with E-state index in [0.29, 0.717) is 6.61 Å². The third-order valence-electron chi connectivity index (χ3n) is 2.00. The highest BCUT2D eigenvalue weighted by molar-refractivity contribution is 6.32. The van der Waals surface area contributed by atoms with Crippen LogP contribution >= 0.6 is 11.6 Å². The Hall–Kier alpha value is -2.08. The smallest absolute Gasteiger partial charge is 0.330 e. The van der Waals surface area contributed by atoms with Crippen LogP contribution < -0.4 is 4.74 Å². The van der Waals surface area contributed by atoms with Crippen LogP contribution in [0, 0.1) is 10.1 Å². The van der Waals surface area contributed by atoms with Gasteiger partial charge in [0.15, 0.2) is 0 Å². The fraction of sp³-hybridized carbons (Fsp3) is 0.250. The van der Waals surface area contributed by atoms with E-state index in [9.17, 15) is 14.9 Å². The van der Waals surface area contributed by atoms with Crippen molar-refractivity contribution in [2.45, 2.75) is 6.92 Å². The molecule has 0 aliphatic heterocycles. The molecule has 0 bridgehead atoms. The van der Waals surface area contributed by atoms with Crippen LogP contribution in [0.1, 0.15) is 6.92 Å². The number of ether oxygens (including phenoxy) is 2. The fourth-order valence-corrected chi connectivity index (χ4v) is 1.36. The number of benzene rings is 1. The summed E-state index contributed by atoms with van der Waals surface area (Å²) in [4.78, 5) is 21.0. The average molecular weight is 286 g/mol. The highest BCUT2D eigenvalue weighted by Gasteiger charge is 2.10. The second-order valence-electron chi connectivity index (χ2n) is 3.34. The van der Waals surface area contributed by atoms with Crippen molar-refractivity contribution in [2.24, 2.45) is 0 Å². The molecular weight excluding hydrogens is 274 g/mol. The average Bonchev–Trinajstić information content (AvgIpc) is 2.36. The highest BCUT2D eigenvalue weighted by Crippen LogP contribution is 2.28. The maximum Gasteiger partial charge on any atom is 0.330 e. The second kappa shape index (κ2) is 7.38. The minimum atomic E-state index is -0.544. The first-order chi connectivity index (χ1) is 9.04. The van der Waals surface area contributed by atoms with E-state index in [1.807, 2.05) is 0 Å². The number of hydrogen-bond acceptors (Lipinski definition) is 5. The molecule has 6 nitrogen and oxygen atoms in total. The van der Waals surface area contributed by atoms with Gasteiger partial charge in [0.2, 0.25) is 0 Å². The van der Waals surface area contributed by atoms with Crippen molar-refractivity contribution in [3.63, 3.8) is 0 Å². The zero-order chi connectivity index (χ0) is 14.3. The summed E-state index contributed by atoms with van der Waals surface area (Å²) < 4.78 is 9.90. The summed E-state index contributed by atoms with van der Waals surface area (Å²) in [6.45, 7) is 2.05. The van der Waals surface area contributed by atoms with Gasteiger partial charge in [0.05, 0.1) is 22.6 Å². The summed E-state index contributed by atoms with van der Waals surface area (Å²) in [5, 5.41) is 10.8. The van der Waals surface area contributed by atoms with Gasteiger partial charge in [-0.1, -0.05) is 11.6 Å². The van der Waals surface area contributed by atoms with Gasteiger partial charge in [-0.25, -0.2) is 4.79 Å². The Labute approximate surface area is 114 Å². The van der Waals surface area contributed by atoms with Crippen molar-refractivity contribution < 1.29 is 19.2 Å². The largest absolute Gasteiger partial charge is 0.488 e. The normalized spacial score (nSPS) is 10.4. The Morgan fingerprint density at radius 2 is 2.26 bits per heavy atom. The van der Waals surface area contributed by atoms with Gasteiger partial charge in [0, 0.05) is 12.1 Å². The lowest BCUT2D eigenvalue weighted by atomic mass is 10.3. The molecule has 1 aromatic carbocycles. The number of halogens is 1. The first-order valence-electron chi connectivity index (χ1n) is 5.44. The number of non-ortho nitro benzene ring substituents is 1. The molecule has 102 valence electrons. The third-order valence-corrected chi connectivity index (χ3v) is 2.31.